The Kier molecular flexibility index (Phi) is 2.82. The fourth-order valence-corrected chi connectivity index (χ4v) is 2.12. The van der Waals surface area contributed by atoms with E-state index in [0.717, 1.165) is 12.0 Å². The first-order valence-electron chi connectivity index (χ1n) is 5.41. The van der Waals surface area contributed by atoms with Crippen LogP contribution >= 0.6 is 0 Å². The Morgan fingerprint density at radius 1 is 1.50 bits per heavy atom. The lowest BCUT2D eigenvalue weighted by Crippen LogP contribution is -2.41. The van der Waals surface area contributed by atoms with E-state index in [2.05, 4.69) is 30.2 Å². The smallest absolute Gasteiger partial charge is 0.0315 e. The molecule has 1 aliphatic rings. The van der Waals surface area contributed by atoms with Gasteiger partial charge in [0.1, 0.15) is 0 Å². The lowest BCUT2D eigenvalue weighted by molar-refractivity contribution is 0.226. The van der Waals surface area contributed by atoms with E-state index in [4.69, 9.17) is 0 Å². The summed E-state index contributed by atoms with van der Waals surface area (Å²) in [6.07, 6.45) is 6.41. The fraction of sp³-hybridized carbons (Fsp3) is 0.583. The van der Waals surface area contributed by atoms with Crippen LogP contribution in [0.4, 0.5) is 0 Å². The van der Waals surface area contributed by atoms with Gasteiger partial charge in [-0.2, -0.15) is 0 Å². The topological polar surface area (TPSA) is 24.9 Å². The molecule has 1 aromatic rings. The van der Waals surface area contributed by atoms with Gasteiger partial charge in [0.2, 0.25) is 0 Å². The molecule has 1 aliphatic carbocycles. The van der Waals surface area contributed by atoms with Crippen LogP contribution in [0.2, 0.25) is 0 Å². The minimum absolute atomic E-state index is 0.432. The number of rotatable bonds is 3. The van der Waals surface area contributed by atoms with Crippen LogP contribution in [0.25, 0.3) is 0 Å². The van der Waals surface area contributed by atoms with Crippen molar-refractivity contribution in [1.29, 1.82) is 0 Å². The summed E-state index contributed by atoms with van der Waals surface area (Å²) >= 11 is 0. The van der Waals surface area contributed by atoms with Gasteiger partial charge in [-0.1, -0.05) is 13.0 Å². The molecule has 2 heteroatoms. The van der Waals surface area contributed by atoms with Crippen molar-refractivity contribution in [1.82, 2.24) is 10.3 Å². The van der Waals surface area contributed by atoms with Gasteiger partial charge in [0, 0.05) is 24.5 Å². The van der Waals surface area contributed by atoms with Crippen molar-refractivity contribution < 1.29 is 0 Å². The van der Waals surface area contributed by atoms with E-state index in [9.17, 15) is 0 Å². The van der Waals surface area contributed by atoms with Gasteiger partial charge in [-0.3, -0.25) is 4.98 Å². The Labute approximate surface area is 85.7 Å². The Morgan fingerprint density at radius 2 is 2.29 bits per heavy atom. The van der Waals surface area contributed by atoms with Crippen LogP contribution in [0.1, 0.15) is 38.3 Å². The van der Waals surface area contributed by atoms with Crippen molar-refractivity contribution in [2.24, 2.45) is 5.92 Å². The second-order valence-electron chi connectivity index (χ2n) is 4.45. The van der Waals surface area contributed by atoms with E-state index in [0.29, 0.717) is 6.04 Å². The molecule has 1 N–H and O–H groups in total. The number of nitrogens with zero attached hydrogens (tertiary/aromatic N) is 1. The zero-order chi connectivity index (χ0) is 9.97. The minimum Gasteiger partial charge on any atom is -0.307 e. The number of aromatic nitrogens is 1. The van der Waals surface area contributed by atoms with E-state index >= 15 is 0 Å². The van der Waals surface area contributed by atoms with Crippen molar-refractivity contribution in [3.05, 3.63) is 30.1 Å². The molecule has 0 saturated heterocycles. The van der Waals surface area contributed by atoms with Crippen molar-refractivity contribution in [2.45, 2.75) is 38.8 Å². The quantitative estimate of drug-likeness (QED) is 0.792. The van der Waals surface area contributed by atoms with Crippen LogP contribution in [-0.2, 0) is 0 Å². The molecule has 0 unspecified atom stereocenters. The SMILES string of the molecule is CC1CC(N[C@@H](C)c2cccnc2)C1. The highest BCUT2D eigenvalue weighted by Gasteiger charge is 2.26. The molecule has 2 nitrogen and oxygen atoms in total. The molecule has 1 aromatic heterocycles. The Hall–Kier alpha value is -0.890. The van der Waals surface area contributed by atoms with Crippen LogP contribution in [0.3, 0.4) is 0 Å². The standard InChI is InChI=1S/C12H18N2/c1-9-6-12(7-9)14-10(2)11-4-3-5-13-8-11/h3-5,8-10,12,14H,6-7H2,1-2H3/t9?,10-,12?/m0/s1. The van der Waals surface area contributed by atoms with Gasteiger partial charge in [-0.15, -0.1) is 0 Å². The summed E-state index contributed by atoms with van der Waals surface area (Å²) in [7, 11) is 0. The molecule has 1 heterocycles. The van der Waals surface area contributed by atoms with Gasteiger partial charge in [0.05, 0.1) is 0 Å². The van der Waals surface area contributed by atoms with E-state index in [1.165, 1.54) is 18.4 Å². The lowest BCUT2D eigenvalue weighted by atomic mass is 9.81. The normalized spacial score (nSPS) is 28.1. The number of nitrogens with one attached hydrogen (secondary N) is 1. The molecule has 0 aromatic carbocycles. The molecule has 1 fully saturated rings. The van der Waals surface area contributed by atoms with Gasteiger partial charge < -0.3 is 5.32 Å². The first-order valence-corrected chi connectivity index (χ1v) is 5.41. The third kappa shape index (κ3) is 2.13. The molecule has 76 valence electrons. The molecule has 0 amide bonds. The molecular formula is C12H18N2. The molecule has 14 heavy (non-hydrogen) atoms. The summed E-state index contributed by atoms with van der Waals surface area (Å²) < 4.78 is 0. The molecule has 1 atom stereocenters. The van der Waals surface area contributed by atoms with Gasteiger partial charge in [-0.25, -0.2) is 0 Å². The third-order valence-corrected chi connectivity index (χ3v) is 3.04. The summed E-state index contributed by atoms with van der Waals surface area (Å²) in [5, 5.41) is 3.62. The van der Waals surface area contributed by atoms with Gasteiger partial charge in [0.25, 0.3) is 0 Å². The lowest BCUT2D eigenvalue weighted by Gasteiger charge is -2.35. The first kappa shape index (κ1) is 9.66. The number of hydrogen-bond acceptors (Lipinski definition) is 2. The van der Waals surface area contributed by atoms with Crippen molar-refractivity contribution in [2.75, 3.05) is 0 Å². The Bertz CT molecular complexity index is 278. The molecular weight excluding hydrogens is 172 g/mol. The number of hydrogen-bond donors (Lipinski definition) is 1. The molecule has 0 spiro atoms. The highest BCUT2D eigenvalue weighted by Crippen LogP contribution is 2.28. The average Bonchev–Trinajstić information content (AvgIpc) is 2.17. The van der Waals surface area contributed by atoms with Crippen LogP contribution in [0.5, 0.6) is 0 Å². The van der Waals surface area contributed by atoms with Crippen molar-refractivity contribution in [3.8, 4) is 0 Å². The molecule has 0 radical (unpaired) electrons. The maximum absolute atomic E-state index is 4.13. The highest BCUT2D eigenvalue weighted by atomic mass is 15.0. The largest absolute Gasteiger partial charge is 0.307 e. The summed E-state index contributed by atoms with van der Waals surface area (Å²) in [5.41, 5.74) is 1.28. The molecule has 1 saturated carbocycles. The second-order valence-corrected chi connectivity index (χ2v) is 4.45. The Balaban J connectivity index is 1.87. The maximum Gasteiger partial charge on any atom is 0.0315 e. The number of pyridine rings is 1. The van der Waals surface area contributed by atoms with Crippen molar-refractivity contribution in [3.63, 3.8) is 0 Å². The maximum atomic E-state index is 4.13. The van der Waals surface area contributed by atoms with Crippen LogP contribution in [0.15, 0.2) is 24.5 Å². The van der Waals surface area contributed by atoms with Crippen LogP contribution in [0, 0.1) is 5.92 Å². The van der Waals surface area contributed by atoms with E-state index in [-0.39, 0.29) is 0 Å². The molecule has 0 bridgehead atoms. The van der Waals surface area contributed by atoms with Crippen molar-refractivity contribution >= 4 is 0 Å². The molecule has 0 aliphatic heterocycles. The van der Waals surface area contributed by atoms with E-state index < -0.39 is 0 Å². The zero-order valence-electron chi connectivity index (χ0n) is 8.90. The van der Waals surface area contributed by atoms with E-state index in [1.54, 1.807) is 0 Å². The molecule has 2 rings (SSSR count). The van der Waals surface area contributed by atoms with Gasteiger partial charge in [-0.05, 0) is 37.3 Å². The predicted octanol–water partition coefficient (Wildman–Crippen LogP) is 2.53. The third-order valence-electron chi connectivity index (χ3n) is 3.04. The predicted molar refractivity (Wildman–Crippen MR) is 58.0 cm³/mol. The van der Waals surface area contributed by atoms with Gasteiger partial charge >= 0.3 is 0 Å². The minimum atomic E-state index is 0.432. The van der Waals surface area contributed by atoms with Crippen LogP contribution < -0.4 is 5.32 Å². The summed E-state index contributed by atoms with van der Waals surface area (Å²) in [6.45, 7) is 4.52. The van der Waals surface area contributed by atoms with Gasteiger partial charge in [0.15, 0.2) is 0 Å². The second kappa shape index (κ2) is 4.09. The van der Waals surface area contributed by atoms with Crippen LogP contribution in [-0.4, -0.2) is 11.0 Å². The Morgan fingerprint density at radius 3 is 2.86 bits per heavy atom. The average molecular weight is 190 g/mol. The summed E-state index contributed by atoms with van der Waals surface area (Å²) in [4.78, 5) is 4.13. The van der Waals surface area contributed by atoms with E-state index in [1.807, 2.05) is 18.5 Å². The summed E-state index contributed by atoms with van der Waals surface area (Å²) in [6, 6.07) is 5.28. The summed E-state index contributed by atoms with van der Waals surface area (Å²) in [5.74, 6) is 0.911. The monoisotopic (exact) mass is 190 g/mol. The highest BCUT2D eigenvalue weighted by molar-refractivity contribution is 5.13. The zero-order valence-corrected chi connectivity index (χ0v) is 8.90. The first-order chi connectivity index (χ1) is 6.75. The fourth-order valence-electron chi connectivity index (χ4n) is 2.12.